The molecule has 0 spiro atoms. The summed E-state index contributed by atoms with van der Waals surface area (Å²) in [6.07, 6.45) is 2.70. The van der Waals surface area contributed by atoms with Crippen molar-refractivity contribution in [3.05, 3.63) is 0 Å². The van der Waals surface area contributed by atoms with E-state index in [0.29, 0.717) is 0 Å². The van der Waals surface area contributed by atoms with E-state index in [1.54, 1.807) is 0 Å². The summed E-state index contributed by atoms with van der Waals surface area (Å²) in [4.78, 5) is 0. The third kappa shape index (κ3) is 10.0. The van der Waals surface area contributed by atoms with Crippen molar-refractivity contribution in [2.75, 3.05) is 27.7 Å². The Morgan fingerprint density at radius 2 is 1.43 bits per heavy atom. The van der Waals surface area contributed by atoms with Crippen LogP contribution in [0.15, 0.2) is 0 Å². The lowest BCUT2D eigenvalue weighted by Gasteiger charge is -2.31. The Hall–Kier alpha value is -0.0400. The largest absolute Gasteiger partial charge is 0.331 e. The monoisotopic (exact) mass is 202 g/mol. The Morgan fingerprint density at radius 3 is 1.64 bits per heavy atom. The van der Waals surface area contributed by atoms with Crippen molar-refractivity contribution in [2.45, 2.75) is 47.5 Å². The van der Waals surface area contributed by atoms with E-state index in [1.165, 1.54) is 19.4 Å². The van der Waals surface area contributed by atoms with Crippen molar-refractivity contribution in [3.63, 3.8) is 0 Å². The van der Waals surface area contributed by atoms with Gasteiger partial charge in [-0.15, -0.1) is 0 Å². The number of rotatable bonds is 5. The van der Waals surface area contributed by atoms with E-state index in [9.17, 15) is 0 Å². The molecule has 0 aliphatic carbocycles. The summed E-state index contributed by atoms with van der Waals surface area (Å²) < 4.78 is 1.10. The van der Waals surface area contributed by atoms with Gasteiger partial charge in [0.1, 0.15) is 0 Å². The molecule has 0 aliphatic heterocycles. The molecule has 1 atom stereocenters. The molecule has 0 saturated carbocycles. The first-order valence-electron chi connectivity index (χ1n) is 6.17. The fourth-order valence-electron chi connectivity index (χ4n) is 1.71. The van der Waals surface area contributed by atoms with Crippen LogP contribution in [0.25, 0.3) is 0 Å². The van der Waals surface area contributed by atoms with Crippen LogP contribution in [0.2, 0.25) is 0 Å². The van der Waals surface area contributed by atoms with Crippen molar-refractivity contribution in [3.8, 4) is 0 Å². The molecule has 1 unspecified atom stereocenters. The SMILES string of the molecule is CC.CCCC(C[N+](C)(C)C)C(C)C. The number of hydrogen-bond acceptors (Lipinski definition) is 0. The van der Waals surface area contributed by atoms with Gasteiger partial charge in [-0.25, -0.2) is 0 Å². The second-order valence-electron chi connectivity index (χ2n) is 5.27. The molecule has 0 amide bonds. The van der Waals surface area contributed by atoms with E-state index in [1.807, 2.05) is 13.8 Å². The summed E-state index contributed by atoms with van der Waals surface area (Å²) in [7, 11) is 6.85. The highest BCUT2D eigenvalue weighted by atomic mass is 15.3. The van der Waals surface area contributed by atoms with E-state index < -0.39 is 0 Å². The number of hydrogen-bond donors (Lipinski definition) is 0. The molecule has 14 heavy (non-hydrogen) atoms. The van der Waals surface area contributed by atoms with Crippen molar-refractivity contribution in [2.24, 2.45) is 11.8 Å². The zero-order valence-electron chi connectivity index (χ0n) is 11.7. The predicted octanol–water partition coefficient (Wildman–Crippen LogP) is 3.79. The smallest absolute Gasteiger partial charge is 0.0811 e. The van der Waals surface area contributed by atoms with Crippen LogP contribution in [-0.4, -0.2) is 32.2 Å². The highest BCUT2D eigenvalue weighted by molar-refractivity contribution is 4.61. The quantitative estimate of drug-likeness (QED) is 0.595. The first-order valence-corrected chi connectivity index (χ1v) is 6.17. The molecule has 0 aliphatic rings. The highest BCUT2D eigenvalue weighted by Gasteiger charge is 2.19. The van der Waals surface area contributed by atoms with Gasteiger partial charge in [0.05, 0.1) is 27.7 Å². The van der Waals surface area contributed by atoms with Crippen molar-refractivity contribution in [1.29, 1.82) is 0 Å². The summed E-state index contributed by atoms with van der Waals surface area (Å²) in [5.74, 6) is 1.73. The van der Waals surface area contributed by atoms with Gasteiger partial charge in [-0.2, -0.15) is 0 Å². The third-order valence-corrected chi connectivity index (χ3v) is 2.38. The van der Waals surface area contributed by atoms with E-state index in [0.717, 1.165) is 16.3 Å². The summed E-state index contributed by atoms with van der Waals surface area (Å²) >= 11 is 0. The maximum atomic E-state index is 2.34. The average molecular weight is 202 g/mol. The first-order chi connectivity index (χ1) is 6.37. The molecule has 0 aromatic heterocycles. The summed E-state index contributed by atoms with van der Waals surface area (Å²) in [6, 6.07) is 0. The normalized spacial score (nSPS) is 13.5. The van der Waals surface area contributed by atoms with E-state index in [4.69, 9.17) is 0 Å². The van der Waals surface area contributed by atoms with Gasteiger partial charge in [0.2, 0.25) is 0 Å². The maximum Gasteiger partial charge on any atom is 0.0811 e. The molecule has 0 N–H and O–H groups in total. The molecule has 0 saturated heterocycles. The molecular formula is C13H32N+. The Balaban J connectivity index is 0. The fourth-order valence-corrected chi connectivity index (χ4v) is 1.71. The molecule has 1 nitrogen and oxygen atoms in total. The van der Waals surface area contributed by atoms with Crippen LogP contribution >= 0.6 is 0 Å². The fraction of sp³-hybridized carbons (Fsp3) is 1.00. The summed E-state index contributed by atoms with van der Waals surface area (Å²) in [6.45, 7) is 12.3. The van der Waals surface area contributed by atoms with Gasteiger partial charge in [-0.3, -0.25) is 0 Å². The molecule has 0 aromatic rings. The number of nitrogens with zero attached hydrogens (tertiary/aromatic N) is 1. The van der Waals surface area contributed by atoms with Crippen molar-refractivity contribution in [1.82, 2.24) is 0 Å². The van der Waals surface area contributed by atoms with Gasteiger partial charge in [0.25, 0.3) is 0 Å². The Morgan fingerprint density at radius 1 is 1.00 bits per heavy atom. The minimum Gasteiger partial charge on any atom is -0.331 e. The van der Waals surface area contributed by atoms with Gasteiger partial charge in [0.15, 0.2) is 0 Å². The molecule has 0 radical (unpaired) electrons. The molecule has 0 aromatic carbocycles. The Labute approximate surface area is 92.1 Å². The van der Waals surface area contributed by atoms with Gasteiger partial charge in [-0.05, 0) is 12.3 Å². The van der Waals surface area contributed by atoms with E-state index in [-0.39, 0.29) is 0 Å². The van der Waals surface area contributed by atoms with Gasteiger partial charge >= 0.3 is 0 Å². The van der Waals surface area contributed by atoms with Crippen LogP contribution in [0.4, 0.5) is 0 Å². The molecule has 0 bridgehead atoms. The second kappa shape index (κ2) is 8.28. The molecule has 0 fully saturated rings. The van der Waals surface area contributed by atoms with Crippen molar-refractivity contribution >= 4 is 0 Å². The zero-order valence-corrected chi connectivity index (χ0v) is 11.7. The third-order valence-electron chi connectivity index (χ3n) is 2.38. The van der Waals surface area contributed by atoms with E-state index in [2.05, 4.69) is 41.9 Å². The molecule has 0 rings (SSSR count). The van der Waals surface area contributed by atoms with Gasteiger partial charge < -0.3 is 4.48 Å². The minimum atomic E-state index is 0.835. The summed E-state index contributed by atoms with van der Waals surface area (Å²) in [5, 5.41) is 0. The Kier molecular flexibility index (Phi) is 9.70. The topological polar surface area (TPSA) is 0 Å². The van der Waals surface area contributed by atoms with Crippen molar-refractivity contribution < 1.29 is 4.48 Å². The van der Waals surface area contributed by atoms with Crippen LogP contribution in [0, 0.1) is 11.8 Å². The lowest BCUT2D eigenvalue weighted by atomic mass is 9.90. The van der Waals surface area contributed by atoms with Gasteiger partial charge in [0, 0.05) is 5.92 Å². The maximum absolute atomic E-state index is 2.34. The average Bonchev–Trinajstić information content (AvgIpc) is 2.05. The predicted molar refractivity (Wildman–Crippen MR) is 67.5 cm³/mol. The van der Waals surface area contributed by atoms with Crippen LogP contribution in [0.3, 0.4) is 0 Å². The zero-order chi connectivity index (χ0) is 11.8. The first kappa shape index (κ1) is 16.4. The molecular weight excluding hydrogens is 170 g/mol. The Bertz CT molecular complexity index is 111. The minimum absolute atomic E-state index is 0.835. The van der Waals surface area contributed by atoms with Gasteiger partial charge in [-0.1, -0.05) is 41.0 Å². The molecule has 88 valence electrons. The lowest BCUT2D eigenvalue weighted by molar-refractivity contribution is -0.874. The second-order valence-corrected chi connectivity index (χ2v) is 5.27. The van der Waals surface area contributed by atoms with E-state index >= 15 is 0 Å². The standard InChI is InChI=1S/C11H26N.C2H6/c1-7-8-11(10(2)3)9-12(4,5)6;1-2/h10-11H,7-9H2,1-6H3;1-2H3/q+1;. The van der Waals surface area contributed by atoms with Crippen LogP contribution in [0.5, 0.6) is 0 Å². The lowest BCUT2D eigenvalue weighted by Crippen LogP contribution is -2.40. The summed E-state index contributed by atoms with van der Waals surface area (Å²) in [5.41, 5.74) is 0. The van der Waals surface area contributed by atoms with Crippen LogP contribution in [0.1, 0.15) is 47.5 Å². The molecule has 0 heterocycles. The van der Waals surface area contributed by atoms with Crippen LogP contribution < -0.4 is 0 Å². The number of quaternary nitrogens is 1. The van der Waals surface area contributed by atoms with Crippen LogP contribution in [-0.2, 0) is 0 Å². The highest BCUT2D eigenvalue weighted by Crippen LogP contribution is 2.19. The molecule has 1 heteroatoms.